The van der Waals surface area contributed by atoms with E-state index in [-0.39, 0.29) is 5.91 Å². The normalized spacial score (nSPS) is 9.79. The molecule has 0 aliphatic carbocycles. The maximum absolute atomic E-state index is 12.1. The second-order valence-electron chi connectivity index (χ2n) is 3.92. The summed E-state index contributed by atoms with van der Waals surface area (Å²) in [4.78, 5) is 16.2. The molecule has 0 bridgehead atoms. The van der Waals surface area contributed by atoms with E-state index in [1.165, 1.54) is 0 Å². The van der Waals surface area contributed by atoms with Gasteiger partial charge < -0.3 is 4.74 Å². The molecule has 2 aromatic rings. The lowest BCUT2D eigenvalue weighted by Crippen LogP contribution is -2.39. The smallest absolute Gasteiger partial charge is 0.269 e. The van der Waals surface area contributed by atoms with Crippen LogP contribution < -0.4 is 15.2 Å². The van der Waals surface area contributed by atoms with E-state index in [4.69, 9.17) is 4.74 Å². The molecule has 1 aromatic carbocycles. The van der Waals surface area contributed by atoms with Crippen molar-refractivity contribution in [3.05, 3.63) is 54.2 Å². The zero-order valence-corrected chi connectivity index (χ0v) is 10.8. The molecule has 0 unspecified atom stereocenters. The van der Waals surface area contributed by atoms with Crippen LogP contribution in [0.5, 0.6) is 5.75 Å². The molecule has 0 radical (unpaired) electrons. The number of hydrogen-bond donors (Lipinski definition) is 1. The number of nitrogens with one attached hydrogen (secondary N) is 1. The van der Waals surface area contributed by atoms with E-state index in [0.717, 1.165) is 0 Å². The third-order valence-corrected chi connectivity index (χ3v) is 2.59. The highest BCUT2D eigenvalue weighted by Gasteiger charge is 2.09. The number of carbonyl (C=O) groups excluding carboxylic acids is 1. The second kappa shape index (κ2) is 5.86. The first kappa shape index (κ1) is 12.9. The van der Waals surface area contributed by atoms with Gasteiger partial charge in [-0.05, 0) is 30.3 Å². The highest BCUT2D eigenvalue weighted by Crippen LogP contribution is 2.13. The molecule has 0 spiro atoms. The zero-order chi connectivity index (χ0) is 13.7. The van der Waals surface area contributed by atoms with E-state index in [1.807, 2.05) is 18.2 Å². The van der Waals surface area contributed by atoms with Crippen LogP contribution in [0.3, 0.4) is 0 Å². The van der Waals surface area contributed by atoms with Crippen LogP contribution in [0.15, 0.2) is 48.7 Å². The molecule has 1 aromatic heterocycles. The maximum Gasteiger partial charge on any atom is 0.269 e. The lowest BCUT2D eigenvalue weighted by molar-refractivity contribution is 0.0951. The molecule has 0 aliphatic rings. The number of carbonyl (C=O) groups is 1. The van der Waals surface area contributed by atoms with Crippen molar-refractivity contribution in [2.45, 2.75) is 0 Å². The molecule has 0 aliphatic heterocycles. The first-order valence-electron chi connectivity index (χ1n) is 5.80. The fourth-order valence-corrected chi connectivity index (χ4v) is 1.59. The second-order valence-corrected chi connectivity index (χ2v) is 3.92. The van der Waals surface area contributed by atoms with Gasteiger partial charge in [-0.15, -0.1) is 0 Å². The number of nitrogens with zero attached hydrogens (tertiary/aromatic N) is 2. The third-order valence-electron chi connectivity index (χ3n) is 2.59. The first-order chi connectivity index (χ1) is 9.20. The average Bonchev–Trinajstić information content (AvgIpc) is 2.48. The fourth-order valence-electron chi connectivity index (χ4n) is 1.59. The van der Waals surface area contributed by atoms with Crippen LogP contribution in [0.25, 0.3) is 0 Å². The monoisotopic (exact) mass is 257 g/mol. The van der Waals surface area contributed by atoms with Crippen molar-refractivity contribution in [2.75, 3.05) is 19.2 Å². The highest BCUT2D eigenvalue weighted by atomic mass is 16.5. The summed E-state index contributed by atoms with van der Waals surface area (Å²) in [5.74, 6) is 1.10. The number of ether oxygens (including phenoxy) is 1. The highest BCUT2D eigenvalue weighted by molar-refractivity contribution is 5.95. The Bertz CT molecular complexity index is 558. The van der Waals surface area contributed by atoms with Gasteiger partial charge in [-0.1, -0.05) is 12.1 Å². The largest absolute Gasteiger partial charge is 0.497 e. The van der Waals surface area contributed by atoms with Gasteiger partial charge in [0.15, 0.2) is 0 Å². The van der Waals surface area contributed by atoms with Crippen LogP contribution >= 0.6 is 0 Å². The Morgan fingerprint density at radius 3 is 2.79 bits per heavy atom. The minimum absolute atomic E-state index is 0.216. The molecule has 5 heteroatoms. The van der Waals surface area contributed by atoms with Gasteiger partial charge in [0.2, 0.25) is 0 Å². The van der Waals surface area contributed by atoms with Gasteiger partial charge in [-0.2, -0.15) is 0 Å². The van der Waals surface area contributed by atoms with Gasteiger partial charge in [0.25, 0.3) is 5.91 Å². The van der Waals surface area contributed by atoms with Crippen LogP contribution in [0, 0.1) is 0 Å². The van der Waals surface area contributed by atoms with Crippen LogP contribution in [0.2, 0.25) is 0 Å². The topological polar surface area (TPSA) is 54.5 Å². The summed E-state index contributed by atoms with van der Waals surface area (Å²) in [7, 11) is 3.30. The molecule has 0 saturated heterocycles. The average molecular weight is 257 g/mol. The van der Waals surface area contributed by atoms with Gasteiger partial charge in [0, 0.05) is 18.8 Å². The zero-order valence-electron chi connectivity index (χ0n) is 10.8. The van der Waals surface area contributed by atoms with Gasteiger partial charge in [0.05, 0.1) is 7.11 Å². The number of amides is 1. The number of benzene rings is 1. The summed E-state index contributed by atoms with van der Waals surface area (Å²) >= 11 is 0. The molecule has 0 fully saturated rings. The molecule has 5 nitrogen and oxygen atoms in total. The minimum Gasteiger partial charge on any atom is -0.497 e. The molecule has 98 valence electrons. The van der Waals surface area contributed by atoms with E-state index in [0.29, 0.717) is 17.1 Å². The Morgan fingerprint density at radius 2 is 2.11 bits per heavy atom. The van der Waals surface area contributed by atoms with E-state index in [1.54, 1.807) is 49.6 Å². The van der Waals surface area contributed by atoms with Gasteiger partial charge in [-0.3, -0.25) is 15.2 Å². The molecule has 1 heterocycles. The summed E-state index contributed by atoms with van der Waals surface area (Å²) in [6.07, 6.45) is 1.67. The predicted molar refractivity (Wildman–Crippen MR) is 73.1 cm³/mol. The number of pyridine rings is 1. The van der Waals surface area contributed by atoms with Crippen molar-refractivity contribution in [3.8, 4) is 5.75 Å². The Morgan fingerprint density at radius 1 is 1.26 bits per heavy atom. The molecular formula is C14H15N3O2. The summed E-state index contributed by atoms with van der Waals surface area (Å²) < 4.78 is 5.09. The van der Waals surface area contributed by atoms with E-state index < -0.39 is 0 Å². The summed E-state index contributed by atoms with van der Waals surface area (Å²) in [6, 6.07) is 12.5. The van der Waals surface area contributed by atoms with E-state index >= 15 is 0 Å². The summed E-state index contributed by atoms with van der Waals surface area (Å²) in [5.41, 5.74) is 3.27. The Labute approximate surface area is 111 Å². The van der Waals surface area contributed by atoms with Crippen LogP contribution in [-0.2, 0) is 0 Å². The quantitative estimate of drug-likeness (QED) is 0.850. The first-order valence-corrected chi connectivity index (χ1v) is 5.80. The third kappa shape index (κ3) is 3.22. The van der Waals surface area contributed by atoms with Crippen molar-refractivity contribution in [3.63, 3.8) is 0 Å². The van der Waals surface area contributed by atoms with Crippen molar-refractivity contribution in [1.82, 2.24) is 10.4 Å². The van der Waals surface area contributed by atoms with Crippen LogP contribution in [0.1, 0.15) is 10.4 Å². The number of rotatable bonds is 4. The van der Waals surface area contributed by atoms with Crippen molar-refractivity contribution < 1.29 is 9.53 Å². The molecule has 1 N–H and O–H groups in total. The predicted octanol–water partition coefficient (Wildman–Crippen LogP) is 1.87. The molecule has 2 rings (SSSR count). The summed E-state index contributed by atoms with van der Waals surface area (Å²) in [5, 5.41) is 1.57. The van der Waals surface area contributed by atoms with Gasteiger partial charge in [-0.25, -0.2) is 4.98 Å². The lowest BCUT2D eigenvalue weighted by atomic mass is 10.2. The van der Waals surface area contributed by atoms with Crippen LogP contribution in [-0.4, -0.2) is 25.0 Å². The summed E-state index contributed by atoms with van der Waals surface area (Å²) in [6.45, 7) is 0. The fraction of sp³-hybridized carbons (Fsp3) is 0.143. The Kier molecular flexibility index (Phi) is 3.97. The number of anilines is 1. The van der Waals surface area contributed by atoms with Gasteiger partial charge in [0.1, 0.15) is 11.6 Å². The molecule has 1 amide bonds. The van der Waals surface area contributed by atoms with E-state index in [9.17, 15) is 4.79 Å². The van der Waals surface area contributed by atoms with Crippen molar-refractivity contribution in [1.29, 1.82) is 0 Å². The molecule has 19 heavy (non-hydrogen) atoms. The van der Waals surface area contributed by atoms with E-state index in [2.05, 4.69) is 10.4 Å². The Balaban J connectivity index is 2.08. The van der Waals surface area contributed by atoms with Crippen LogP contribution in [0.4, 0.5) is 5.82 Å². The number of hydrogen-bond acceptors (Lipinski definition) is 4. The molecule has 0 saturated carbocycles. The number of methoxy groups -OCH3 is 1. The minimum atomic E-state index is -0.216. The SMILES string of the molecule is COc1cccc(C(=O)NN(C)c2ccccn2)c1. The lowest BCUT2D eigenvalue weighted by Gasteiger charge is -2.19. The van der Waals surface area contributed by atoms with Crippen molar-refractivity contribution in [2.24, 2.45) is 0 Å². The van der Waals surface area contributed by atoms with Crippen molar-refractivity contribution >= 4 is 11.7 Å². The number of aromatic nitrogens is 1. The molecule has 0 atom stereocenters. The molecular weight excluding hydrogens is 242 g/mol. The number of hydrazine groups is 1. The maximum atomic E-state index is 12.1. The van der Waals surface area contributed by atoms with Gasteiger partial charge >= 0.3 is 0 Å². The standard InChI is InChI=1S/C14H15N3O2/c1-17(13-8-3-4-9-15-13)16-14(18)11-6-5-7-12(10-11)19-2/h3-10H,1-2H3,(H,16,18). The Hall–Kier alpha value is -2.56.